The highest BCUT2D eigenvalue weighted by molar-refractivity contribution is 5.96. The van der Waals surface area contributed by atoms with Crippen LogP contribution in [0.3, 0.4) is 0 Å². The van der Waals surface area contributed by atoms with Crippen LogP contribution < -0.4 is 0 Å². The second kappa shape index (κ2) is 4.61. The van der Waals surface area contributed by atoms with E-state index in [1.807, 2.05) is 14.0 Å². The fraction of sp³-hybridized carbons (Fsp3) is 0.455. The van der Waals surface area contributed by atoms with Gasteiger partial charge in [0.05, 0.1) is 11.3 Å². The van der Waals surface area contributed by atoms with Gasteiger partial charge >= 0.3 is 0 Å². The van der Waals surface area contributed by atoms with Crippen LogP contribution in [0.5, 0.6) is 0 Å². The molecule has 1 aromatic rings. The molecule has 0 N–H and O–H groups in total. The van der Waals surface area contributed by atoms with Gasteiger partial charge in [-0.1, -0.05) is 0 Å². The summed E-state index contributed by atoms with van der Waals surface area (Å²) in [4.78, 5) is 11.6. The number of carbonyl (C=O) groups is 1. The Kier molecular flexibility index (Phi) is 3.47. The van der Waals surface area contributed by atoms with Crippen LogP contribution in [0.4, 0.5) is 0 Å². The first kappa shape index (κ1) is 10.5. The first-order valence-electron chi connectivity index (χ1n) is 4.58. The molecule has 1 heterocycles. The van der Waals surface area contributed by atoms with Crippen molar-refractivity contribution in [2.24, 2.45) is 7.05 Å². The molecule has 0 atom stereocenters. The fourth-order valence-electron chi connectivity index (χ4n) is 1.31. The monoisotopic (exact) mass is 190 g/mol. The molecule has 0 unspecified atom stereocenters. The van der Waals surface area contributed by atoms with Gasteiger partial charge in [0.25, 0.3) is 0 Å². The Bertz CT molecular complexity index is 393. The van der Waals surface area contributed by atoms with Gasteiger partial charge in [0.2, 0.25) is 0 Å². The lowest BCUT2D eigenvalue weighted by atomic mass is 10.1. The molecule has 1 rings (SSSR count). The van der Waals surface area contributed by atoms with E-state index in [4.69, 9.17) is 0 Å². The van der Waals surface area contributed by atoms with E-state index in [0.29, 0.717) is 18.4 Å². The van der Waals surface area contributed by atoms with E-state index in [1.54, 1.807) is 17.8 Å². The Morgan fingerprint density at radius 1 is 1.64 bits per heavy atom. The van der Waals surface area contributed by atoms with Crippen LogP contribution in [0.25, 0.3) is 0 Å². The molecule has 74 valence electrons. The molecule has 0 aliphatic carbocycles. The van der Waals surface area contributed by atoms with Gasteiger partial charge < -0.3 is 0 Å². The fourth-order valence-corrected chi connectivity index (χ4v) is 1.31. The molecule has 1 aromatic heterocycles. The smallest absolute Gasteiger partial charge is 0.167 e. The molecule has 0 saturated carbocycles. The van der Waals surface area contributed by atoms with Crippen molar-refractivity contribution in [3.05, 3.63) is 17.5 Å². The Labute approximate surface area is 84.1 Å². The van der Waals surface area contributed by atoms with Crippen molar-refractivity contribution in [3.8, 4) is 11.8 Å². The number of aromatic nitrogens is 2. The number of hydrogen-bond donors (Lipinski definition) is 0. The molecule has 0 aliphatic heterocycles. The van der Waals surface area contributed by atoms with E-state index in [2.05, 4.69) is 16.9 Å². The summed E-state index contributed by atoms with van der Waals surface area (Å²) in [6.07, 6.45) is 2.87. The number of ketones is 1. The summed E-state index contributed by atoms with van der Waals surface area (Å²) in [5.74, 6) is 5.77. The second-order valence-corrected chi connectivity index (χ2v) is 3.15. The molecule has 0 amide bonds. The summed E-state index contributed by atoms with van der Waals surface area (Å²) in [6, 6.07) is 0. The molecule has 3 nitrogen and oxygen atoms in total. The van der Waals surface area contributed by atoms with Crippen molar-refractivity contribution in [1.29, 1.82) is 0 Å². The molecule has 0 radical (unpaired) electrons. The maximum absolute atomic E-state index is 11.6. The third kappa shape index (κ3) is 2.46. The van der Waals surface area contributed by atoms with Crippen molar-refractivity contribution in [2.45, 2.75) is 26.7 Å². The van der Waals surface area contributed by atoms with Gasteiger partial charge in [-0.15, -0.1) is 11.8 Å². The number of carbonyl (C=O) groups excluding carboxylic acids is 1. The van der Waals surface area contributed by atoms with Crippen LogP contribution in [-0.2, 0) is 7.05 Å². The van der Waals surface area contributed by atoms with E-state index in [0.717, 1.165) is 5.69 Å². The summed E-state index contributed by atoms with van der Waals surface area (Å²) in [5, 5.41) is 4.12. The molecule has 0 fully saturated rings. The lowest BCUT2D eigenvalue weighted by Gasteiger charge is -1.93. The summed E-state index contributed by atoms with van der Waals surface area (Å²) in [6.45, 7) is 3.62. The lowest BCUT2D eigenvalue weighted by molar-refractivity contribution is 0.0983. The van der Waals surface area contributed by atoms with Gasteiger partial charge in [-0.2, -0.15) is 5.10 Å². The van der Waals surface area contributed by atoms with Crippen LogP contribution in [0.1, 0.15) is 35.8 Å². The second-order valence-electron chi connectivity index (χ2n) is 3.15. The average molecular weight is 190 g/mol. The van der Waals surface area contributed by atoms with E-state index < -0.39 is 0 Å². The van der Waals surface area contributed by atoms with E-state index >= 15 is 0 Å². The van der Waals surface area contributed by atoms with Crippen LogP contribution in [0.2, 0.25) is 0 Å². The zero-order valence-electron chi connectivity index (χ0n) is 8.79. The van der Waals surface area contributed by atoms with E-state index in [9.17, 15) is 4.79 Å². The summed E-state index contributed by atoms with van der Waals surface area (Å²) in [7, 11) is 1.82. The van der Waals surface area contributed by atoms with Gasteiger partial charge in [-0.3, -0.25) is 9.48 Å². The quantitative estimate of drug-likeness (QED) is 0.537. The van der Waals surface area contributed by atoms with Crippen molar-refractivity contribution in [3.63, 3.8) is 0 Å². The lowest BCUT2D eigenvalue weighted by Crippen LogP contribution is -1.98. The van der Waals surface area contributed by atoms with Gasteiger partial charge in [0.15, 0.2) is 5.78 Å². The highest BCUT2D eigenvalue weighted by atomic mass is 16.1. The number of nitrogens with zero attached hydrogens (tertiary/aromatic N) is 2. The van der Waals surface area contributed by atoms with Gasteiger partial charge in [0, 0.05) is 26.1 Å². The summed E-state index contributed by atoms with van der Waals surface area (Å²) < 4.78 is 1.66. The zero-order chi connectivity index (χ0) is 10.6. The minimum absolute atomic E-state index is 0.123. The van der Waals surface area contributed by atoms with Gasteiger partial charge in [-0.25, -0.2) is 0 Å². The molecular formula is C11H14N2O. The van der Waals surface area contributed by atoms with Crippen LogP contribution in [-0.4, -0.2) is 15.6 Å². The maximum atomic E-state index is 11.6. The van der Waals surface area contributed by atoms with Gasteiger partial charge in [-0.05, 0) is 13.8 Å². The van der Waals surface area contributed by atoms with E-state index in [-0.39, 0.29) is 5.78 Å². The van der Waals surface area contributed by atoms with Crippen molar-refractivity contribution >= 4 is 5.78 Å². The van der Waals surface area contributed by atoms with E-state index in [1.165, 1.54) is 0 Å². The Balaban J connectivity index is 2.68. The summed E-state index contributed by atoms with van der Waals surface area (Å²) >= 11 is 0. The van der Waals surface area contributed by atoms with Crippen LogP contribution >= 0.6 is 0 Å². The molecule has 3 heteroatoms. The molecular weight excluding hydrogens is 176 g/mol. The molecule has 0 aromatic carbocycles. The standard InChI is InChI=1S/C11H14N2O/c1-4-5-6-7-11(14)10-8-13(3)12-9(10)2/h8H,6-7H2,1-3H3. The largest absolute Gasteiger partial charge is 0.294 e. The maximum Gasteiger partial charge on any atom is 0.167 e. The highest BCUT2D eigenvalue weighted by Crippen LogP contribution is 2.08. The first-order valence-corrected chi connectivity index (χ1v) is 4.58. The normalized spacial score (nSPS) is 9.36. The Hall–Kier alpha value is -1.56. The molecule has 0 saturated heterocycles. The highest BCUT2D eigenvalue weighted by Gasteiger charge is 2.10. The molecule has 0 spiro atoms. The third-order valence-electron chi connectivity index (χ3n) is 1.97. The minimum atomic E-state index is 0.123. The minimum Gasteiger partial charge on any atom is -0.294 e. The van der Waals surface area contributed by atoms with Crippen LogP contribution in [0, 0.1) is 18.8 Å². The van der Waals surface area contributed by atoms with Crippen LogP contribution in [0.15, 0.2) is 6.20 Å². The predicted molar refractivity (Wildman–Crippen MR) is 55.0 cm³/mol. The first-order chi connectivity index (χ1) is 6.65. The molecule has 0 bridgehead atoms. The predicted octanol–water partition coefficient (Wildman–Crippen LogP) is 1.71. The topological polar surface area (TPSA) is 34.9 Å². The zero-order valence-corrected chi connectivity index (χ0v) is 8.79. The number of aryl methyl sites for hydroxylation is 2. The Morgan fingerprint density at radius 3 is 2.86 bits per heavy atom. The third-order valence-corrected chi connectivity index (χ3v) is 1.97. The number of hydrogen-bond acceptors (Lipinski definition) is 2. The SMILES string of the molecule is CC#CCCC(=O)c1cn(C)nc1C. The average Bonchev–Trinajstić information content (AvgIpc) is 2.45. The molecule has 0 aliphatic rings. The number of rotatable bonds is 3. The molecule has 14 heavy (non-hydrogen) atoms. The van der Waals surface area contributed by atoms with Gasteiger partial charge in [0.1, 0.15) is 0 Å². The number of Topliss-reactive ketones (excluding diaryl/α,β-unsaturated/α-hetero) is 1. The summed E-state index contributed by atoms with van der Waals surface area (Å²) in [5.41, 5.74) is 1.51. The van der Waals surface area contributed by atoms with Crippen molar-refractivity contribution in [2.75, 3.05) is 0 Å². The van der Waals surface area contributed by atoms with Crippen molar-refractivity contribution in [1.82, 2.24) is 9.78 Å². The Morgan fingerprint density at radius 2 is 2.36 bits per heavy atom. The van der Waals surface area contributed by atoms with Crippen molar-refractivity contribution < 1.29 is 4.79 Å².